The first-order valence-electron chi connectivity index (χ1n) is 13.7. The van der Waals surface area contributed by atoms with Gasteiger partial charge in [0.1, 0.15) is 16.7 Å². The van der Waals surface area contributed by atoms with Crippen molar-refractivity contribution in [2.24, 2.45) is 0 Å². The van der Waals surface area contributed by atoms with Crippen molar-refractivity contribution < 1.29 is 28.6 Å². The van der Waals surface area contributed by atoms with Gasteiger partial charge in [-0.15, -0.1) is 0 Å². The Morgan fingerprint density at radius 1 is 0.907 bits per heavy atom. The number of carbonyl (C=O) groups is 3. The summed E-state index contributed by atoms with van der Waals surface area (Å²) in [5.41, 5.74) is 7.14. The van der Waals surface area contributed by atoms with Gasteiger partial charge in [0.2, 0.25) is 5.91 Å². The van der Waals surface area contributed by atoms with Crippen molar-refractivity contribution in [1.29, 1.82) is 0 Å². The fourth-order valence-corrected chi connectivity index (χ4v) is 5.53. The zero-order valence-electron chi connectivity index (χ0n) is 24.0. The Kier molecular flexibility index (Phi) is 11.6. The fraction of sp³-hybridized carbons (Fsp3) is 0.250. The van der Waals surface area contributed by atoms with Crippen molar-refractivity contribution in [2.45, 2.75) is 32.3 Å². The number of nitrogens with zero attached hydrogens (tertiary/aromatic N) is 1. The van der Waals surface area contributed by atoms with Crippen molar-refractivity contribution in [3.63, 3.8) is 0 Å². The van der Waals surface area contributed by atoms with Crippen LogP contribution in [0.15, 0.2) is 77.7 Å². The highest BCUT2D eigenvalue weighted by atomic mass is 32.2. The summed E-state index contributed by atoms with van der Waals surface area (Å²) in [6.45, 7) is 0.901. The number of amides is 3. The zero-order chi connectivity index (χ0) is 30.6. The highest BCUT2D eigenvalue weighted by Crippen LogP contribution is 2.34. The van der Waals surface area contributed by atoms with Gasteiger partial charge in [-0.3, -0.25) is 30.1 Å². The number of unbranched alkanes of at least 4 members (excludes halogenated alkanes) is 2. The number of thiocarbonyl (C=S) groups is 1. The summed E-state index contributed by atoms with van der Waals surface area (Å²) in [6.07, 6.45) is 4.04. The van der Waals surface area contributed by atoms with Gasteiger partial charge in [-0.25, -0.2) is 0 Å². The highest BCUT2D eigenvalue weighted by Gasteiger charge is 2.31. The normalized spacial score (nSPS) is 13.6. The van der Waals surface area contributed by atoms with Crippen LogP contribution in [0.25, 0.3) is 6.08 Å². The van der Waals surface area contributed by atoms with Crippen LogP contribution in [0.3, 0.4) is 0 Å². The predicted molar refractivity (Wildman–Crippen MR) is 171 cm³/mol. The number of ether oxygens (including phenoxy) is 3. The lowest BCUT2D eigenvalue weighted by Gasteiger charge is -2.14. The Morgan fingerprint density at radius 3 is 2.37 bits per heavy atom. The van der Waals surface area contributed by atoms with Gasteiger partial charge >= 0.3 is 0 Å². The van der Waals surface area contributed by atoms with Crippen LogP contribution in [0.2, 0.25) is 0 Å². The molecule has 1 aliphatic heterocycles. The first-order chi connectivity index (χ1) is 20.9. The minimum atomic E-state index is -0.418. The summed E-state index contributed by atoms with van der Waals surface area (Å²) in [7, 11) is 3.13. The van der Waals surface area contributed by atoms with Crippen LogP contribution in [0, 0.1) is 0 Å². The minimum Gasteiger partial charge on any atom is -0.493 e. The maximum absolute atomic E-state index is 12.9. The molecule has 0 aromatic heterocycles. The van der Waals surface area contributed by atoms with Crippen molar-refractivity contribution in [1.82, 2.24) is 15.8 Å². The molecular formula is C32H33N3O6S2. The van der Waals surface area contributed by atoms with Crippen LogP contribution in [-0.2, 0) is 16.2 Å². The summed E-state index contributed by atoms with van der Waals surface area (Å²) in [5.74, 6) is 0.983. The molecule has 3 aromatic rings. The van der Waals surface area contributed by atoms with E-state index in [1.54, 1.807) is 61.6 Å². The molecule has 1 heterocycles. The van der Waals surface area contributed by atoms with Gasteiger partial charge in [-0.2, -0.15) is 0 Å². The summed E-state index contributed by atoms with van der Waals surface area (Å²) in [4.78, 5) is 39.7. The molecule has 224 valence electrons. The smallest absolute Gasteiger partial charge is 0.269 e. The lowest BCUT2D eigenvalue weighted by atomic mass is 10.1. The molecule has 0 aliphatic carbocycles. The lowest BCUT2D eigenvalue weighted by molar-refractivity contribution is -0.123. The molecular weight excluding hydrogens is 587 g/mol. The van der Waals surface area contributed by atoms with Crippen molar-refractivity contribution in [3.8, 4) is 17.2 Å². The summed E-state index contributed by atoms with van der Waals surface area (Å²) < 4.78 is 16.8. The number of rotatable bonds is 13. The topological polar surface area (TPSA) is 106 Å². The zero-order valence-corrected chi connectivity index (χ0v) is 25.6. The molecule has 0 spiro atoms. The van der Waals surface area contributed by atoms with E-state index in [2.05, 4.69) is 10.9 Å². The average Bonchev–Trinajstić information content (AvgIpc) is 3.30. The maximum Gasteiger partial charge on any atom is 0.269 e. The van der Waals surface area contributed by atoms with E-state index in [0.717, 1.165) is 17.5 Å². The molecule has 0 bridgehead atoms. The van der Waals surface area contributed by atoms with Crippen molar-refractivity contribution >= 4 is 52.1 Å². The third-order valence-electron chi connectivity index (χ3n) is 6.54. The van der Waals surface area contributed by atoms with Crippen LogP contribution >= 0.6 is 24.0 Å². The molecule has 43 heavy (non-hydrogen) atoms. The van der Waals surface area contributed by atoms with Crippen molar-refractivity contribution in [2.75, 3.05) is 20.8 Å². The molecule has 0 unspecified atom stereocenters. The number of carbonyl (C=O) groups excluding carboxylic acids is 3. The Balaban J connectivity index is 1.13. The molecule has 3 aromatic carbocycles. The SMILES string of the molecule is COc1ccc(C=C2SC(=S)N(CCCCCC(=O)NNC(=O)c3ccc(OCc4ccccc4)cc3)C2=O)cc1OC. The van der Waals surface area contributed by atoms with Gasteiger partial charge in [0.15, 0.2) is 11.5 Å². The van der Waals surface area contributed by atoms with Gasteiger partial charge in [-0.05, 0) is 66.4 Å². The molecule has 1 fully saturated rings. The third-order valence-corrected chi connectivity index (χ3v) is 7.92. The molecule has 1 aliphatic rings. The van der Waals surface area contributed by atoms with E-state index in [4.69, 9.17) is 26.4 Å². The number of hydrogen-bond acceptors (Lipinski definition) is 8. The highest BCUT2D eigenvalue weighted by molar-refractivity contribution is 8.26. The summed E-state index contributed by atoms with van der Waals surface area (Å²) in [5, 5.41) is 0. The summed E-state index contributed by atoms with van der Waals surface area (Å²) >= 11 is 6.69. The molecule has 0 atom stereocenters. The molecule has 2 N–H and O–H groups in total. The Morgan fingerprint density at radius 2 is 1.65 bits per heavy atom. The van der Waals surface area contributed by atoms with Gasteiger partial charge in [-0.1, -0.05) is 66.8 Å². The van der Waals surface area contributed by atoms with Gasteiger partial charge < -0.3 is 14.2 Å². The molecule has 0 radical (unpaired) electrons. The van der Waals surface area contributed by atoms with E-state index >= 15 is 0 Å². The van der Waals surface area contributed by atoms with E-state index in [9.17, 15) is 14.4 Å². The Labute approximate surface area is 260 Å². The maximum atomic E-state index is 12.9. The second kappa shape index (κ2) is 15.8. The van der Waals surface area contributed by atoms with Gasteiger partial charge in [0.05, 0.1) is 19.1 Å². The number of hydrogen-bond donors (Lipinski definition) is 2. The average molecular weight is 620 g/mol. The number of nitrogens with one attached hydrogen (secondary N) is 2. The number of thioether (sulfide) groups is 1. The first kappa shape index (κ1) is 31.6. The van der Waals surface area contributed by atoms with Crippen LogP contribution < -0.4 is 25.1 Å². The van der Waals surface area contributed by atoms with E-state index in [0.29, 0.717) is 58.0 Å². The quantitative estimate of drug-likeness (QED) is 0.112. The first-order valence-corrected chi connectivity index (χ1v) is 14.9. The lowest BCUT2D eigenvalue weighted by Crippen LogP contribution is -2.41. The second-order valence-corrected chi connectivity index (χ2v) is 11.2. The molecule has 11 heteroatoms. The molecule has 1 saturated heterocycles. The second-order valence-electron chi connectivity index (χ2n) is 9.56. The van der Waals surface area contributed by atoms with Crippen LogP contribution in [0.4, 0.5) is 0 Å². The van der Waals surface area contributed by atoms with Gasteiger partial charge in [0, 0.05) is 18.5 Å². The molecule has 9 nitrogen and oxygen atoms in total. The molecule has 3 amide bonds. The number of methoxy groups -OCH3 is 2. The molecule has 4 rings (SSSR count). The standard InChI is InChI=1S/C32H33N3O6S2/c1-39-26-17-12-23(19-27(26)40-2)20-28-31(38)35(32(42)43-28)18-8-4-7-11-29(36)33-34-30(37)24-13-15-25(16-14-24)41-21-22-9-5-3-6-10-22/h3,5-6,9-10,12-17,19-20H,4,7-8,11,18,21H2,1-2H3,(H,33,36)(H,34,37). The van der Waals surface area contributed by atoms with E-state index in [-0.39, 0.29) is 18.2 Å². The van der Waals surface area contributed by atoms with E-state index < -0.39 is 5.91 Å². The number of hydrazine groups is 1. The van der Waals surface area contributed by atoms with Crippen LogP contribution in [0.1, 0.15) is 47.2 Å². The molecule has 0 saturated carbocycles. The van der Waals surface area contributed by atoms with Gasteiger partial charge in [0.25, 0.3) is 11.8 Å². The third kappa shape index (κ3) is 9.07. The van der Waals surface area contributed by atoms with Crippen molar-refractivity contribution in [3.05, 3.63) is 94.4 Å². The Bertz CT molecular complexity index is 1480. The largest absolute Gasteiger partial charge is 0.493 e. The number of benzene rings is 3. The minimum absolute atomic E-state index is 0.138. The van der Waals surface area contributed by atoms with Crippen LogP contribution in [-0.4, -0.2) is 47.7 Å². The monoisotopic (exact) mass is 619 g/mol. The fourth-order valence-electron chi connectivity index (χ4n) is 4.22. The van der Waals surface area contributed by atoms with E-state index in [1.165, 1.54) is 11.8 Å². The van der Waals surface area contributed by atoms with E-state index in [1.807, 2.05) is 36.4 Å². The predicted octanol–water partition coefficient (Wildman–Crippen LogP) is 5.51. The Hall–Kier alpha value is -4.35. The van der Waals surface area contributed by atoms with Crippen LogP contribution in [0.5, 0.6) is 17.2 Å². The summed E-state index contributed by atoms with van der Waals surface area (Å²) in [6, 6.07) is 21.9.